The van der Waals surface area contributed by atoms with E-state index in [1.54, 1.807) is 4.90 Å². The molecule has 1 heterocycles. The molecule has 0 radical (unpaired) electrons. The maximum Gasteiger partial charge on any atom is 0.247 e. The lowest BCUT2D eigenvalue weighted by Gasteiger charge is -2.29. The molecule has 2 aliphatic rings. The van der Waals surface area contributed by atoms with Gasteiger partial charge in [0.25, 0.3) is 0 Å². The first kappa shape index (κ1) is 15.4. The number of carbonyl (C=O) groups is 2. The highest BCUT2D eigenvalue weighted by molar-refractivity contribution is 6.05. The molecule has 2 rings (SSSR count). The third kappa shape index (κ3) is 3.79. The predicted octanol–water partition coefficient (Wildman–Crippen LogP) is 1.46. The average Bonchev–Trinajstić information content (AvgIpc) is 2.74. The van der Waals surface area contributed by atoms with Crippen molar-refractivity contribution in [2.45, 2.75) is 64.0 Å². The van der Waals surface area contributed by atoms with Gasteiger partial charge >= 0.3 is 0 Å². The standard InChI is InChI=1S/C15H26N2O3/c1-2-20-10-6-9-16-13-11-14(18)17(15(13)19)12-7-4-3-5-8-12/h12-13,16H,2-11H2,1H3. The lowest BCUT2D eigenvalue weighted by Crippen LogP contribution is -2.45. The van der Waals surface area contributed by atoms with Crippen molar-refractivity contribution in [3.63, 3.8) is 0 Å². The van der Waals surface area contributed by atoms with Crippen LogP contribution in [0.3, 0.4) is 0 Å². The molecule has 2 amide bonds. The van der Waals surface area contributed by atoms with Gasteiger partial charge in [-0.25, -0.2) is 0 Å². The second kappa shape index (κ2) is 7.74. The van der Waals surface area contributed by atoms with Crippen LogP contribution in [0.4, 0.5) is 0 Å². The van der Waals surface area contributed by atoms with Crippen molar-refractivity contribution in [3.05, 3.63) is 0 Å². The molecule has 1 aliphatic carbocycles. The third-order valence-electron chi connectivity index (χ3n) is 4.18. The highest BCUT2D eigenvalue weighted by atomic mass is 16.5. The minimum Gasteiger partial charge on any atom is -0.382 e. The summed E-state index contributed by atoms with van der Waals surface area (Å²) in [5.41, 5.74) is 0. The molecule has 0 bridgehead atoms. The fraction of sp³-hybridized carbons (Fsp3) is 0.867. The highest BCUT2D eigenvalue weighted by Gasteiger charge is 2.41. The Kier molecular flexibility index (Phi) is 5.98. The van der Waals surface area contributed by atoms with E-state index < -0.39 is 0 Å². The molecular formula is C15H26N2O3. The lowest BCUT2D eigenvalue weighted by molar-refractivity contribution is -0.142. The van der Waals surface area contributed by atoms with Crippen LogP contribution in [-0.4, -0.2) is 48.6 Å². The van der Waals surface area contributed by atoms with Gasteiger partial charge in [0.05, 0.1) is 12.5 Å². The van der Waals surface area contributed by atoms with Crippen LogP contribution in [-0.2, 0) is 14.3 Å². The van der Waals surface area contributed by atoms with Gasteiger partial charge in [-0.3, -0.25) is 14.5 Å². The Labute approximate surface area is 121 Å². The van der Waals surface area contributed by atoms with Gasteiger partial charge < -0.3 is 10.1 Å². The SMILES string of the molecule is CCOCCCNC1CC(=O)N(C2CCCCC2)C1=O. The molecule has 114 valence electrons. The zero-order valence-electron chi connectivity index (χ0n) is 12.4. The summed E-state index contributed by atoms with van der Waals surface area (Å²) >= 11 is 0. The van der Waals surface area contributed by atoms with Crippen molar-refractivity contribution in [2.24, 2.45) is 0 Å². The van der Waals surface area contributed by atoms with Gasteiger partial charge in [-0.15, -0.1) is 0 Å². The summed E-state index contributed by atoms with van der Waals surface area (Å²) in [4.78, 5) is 26.0. The fourth-order valence-corrected chi connectivity index (χ4v) is 3.13. The van der Waals surface area contributed by atoms with Crippen LogP contribution in [0, 0.1) is 0 Å². The average molecular weight is 282 g/mol. The molecule has 1 unspecified atom stereocenters. The summed E-state index contributed by atoms with van der Waals surface area (Å²) in [7, 11) is 0. The molecule has 20 heavy (non-hydrogen) atoms. The highest BCUT2D eigenvalue weighted by Crippen LogP contribution is 2.27. The van der Waals surface area contributed by atoms with Crippen molar-refractivity contribution in [1.29, 1.82) is 0 Å². The topological polar surface area (TPSA) is 58.6 Å². The van der Waals surface area contributed by atoms with Crippen LogP contribution >= 0.6 is 0 Å². The van der Waals surface area contributed by atoms with Gasteiger partial charge in [-0.1, -0.05) is 19.3 Å². The normalized spacial score (nSPS) is 24.6. The van der Waals surface area contributed by atoms with E-state index in [0.29, 0.717) is 13.0 Å². The Bertz CT molecular complexity index is 340. The molecule has 0 spiro atoms. The first-order valence-corrected chi connectivity index (χ1v) is 7.91. The maximum atomic E-state index is 12.3. The van der Waals surface area contributed by atoms with Crippen molar-refractivity contribution < 1.29 is 14.3 Å². The Hall–Kier alpha value is -0.940. The van der Waals surface area contributed by atoms with Gasteiger partial charge in [0.2, 0.25) is 11.8 Å². The number of hydrogen-bond acceptors (Lipinski definition) is 4. The minimum atomic E-state index is -0.314. The molecule has 0 aromatic rings. The number of nitrogens with zero attached hydrogens (tertiary/aromatic N) is 1. The summed E-state index contributed by atoms with van der Waals surface area (Å²) in [5.74, 6) is -0.0116. The second-order valence-corrected chi connectivity index (χ2v) is 5.66. The minimum absolute atomic E-state index is 0.00390. The largest absolute Gasteiger partial charge is 0.382 e. The van der Waals surface area contributed by atoms with E-state index in [9.17, 15) is 9.59 Å². The number of likely N-dealkylation sites (tertiary alicyclic amines) is 1. The Morgan fingerprint density at radius 2 is 2.00 bits per heavy atom. The van der Waals surface area contributed by atoms with Crippen LogP contribution < -0.4 is 5.32 Å². The summed E-state index contributed by atoms with van der Waals surface area (Å²) in [6, 6.07) is -0.162. The summed E-state index contributed by atoms with van der Waals surface area (Å²) in [5, 5.41) is 3.20. The zero-order valence-corrected chi connectivity index (χ0v) is 12.4. The van der Waals surface area contributed by atoms with Crippen LogP contribution in [0.25, 0.3) is 0 Å². The van der Waals surface area contributed by atoms with E-state index in [4.69, 9.17) is 4.74 Å². The van der Waals surface area contributed by atoms with Gasteiger partial charge in [0.15, 0.2) is 0 Å². The van der Waals surface area contributed by atoms with E-state index in [2.05, 4.69) is 5.32 Å². The first-order chi connectivity index (χ1) is 9.74. The number of imide groups is 1. The lowest BCUT2D eigenvalue weighted by atomic mass is 9.94. The first-order valence-electron chi connectivity index (χ1n) is 7.91. The number of carbonyl (C=O) groups excluding carboxylic acids is 2. The number of amides is 2. The number of hydrogen-bond donors (Lipinski definition) is 1. The molecule has 2 fully saturated rings. The quantitative estimate of drug-likeness (QED) is 0.567. The van der Waals surface area contributed by atoms with Crippen LogP contribution in [0.2, 0.25) is 0 Å². The van der Waals surface area contributed by atoms with Gasteiger partial charge in [0.1, 0.15) is 0 Å². The Morgan fingerprint density at radius 1 is 1.25 bits per heavy atom. The summed E-state index contributed by atoms with van der Waals surface area (Å²) in [6.45, 7) is 4.11. The predicted molar refractivity (Wildman–Crippen MR) is 76.2 cm³/mol. The van der Waals surface area contributed by atoms with Crippen LogP contribution in [0.5, 0.6) is 0 Å². The van der Waals surface area contributed by atoms with Gasteiger partial charge in [-0.2, -0.15) is 0 Å². The molecule has 1 N–H and O–H groups in total. The van der Waals surface area contributed by atoms with Crippen LogP contribution in [0.15, 0.2) is 0 Å². The van der Waals surface area contributed by atoms with E-state index in [1.807, 2.05) is 6.92 Å². The second-order valence-electron chi connectivity index (χ2n) is 5.66. The molecule has 1 saturated carbocycles. The van der Waals surface area contributed by atoms with E-state index in [1.165, 1.54) is 6.42 Å². The van der Waals surface area contributed by atoms with Crippen molar-refractivity contribution in [2.75, 3.05) is 19.8 Å². The Morgan fingerprint density at radius 3 is 2.70 bits per heavy atom. The smallest absolute Gasteiger partial charge is 0.247 e. The van der Waals surface area contributed by atoms with E-state index in [-0.39, 0.29) is 23.9 Å². The summed E-state index contributed by atoms with van der Waals surface area (Å²) in [6.07, 6.45) is 6.65. The molecule has 0 aromatic carbocycles. The molecule has 5 heteroatoms. The molecule has 5 nitrogen and oxygen atoms in total. The maximum absolute atomic E-state index is 12.3. The monoisotopic (exact) mass is 282 g/mol. The molecular weight excluding hydrogens is 256 g/mol. The van der Waals surface area contributed by atoms with Crippen molar-refractivity contribution >= 4 is 11.8 Å². The third-order valence-corrected chi connectivity index (χ3v) is 4.18. The summed E-state index contributed by atoms with van der Waals surface area (Å²) < 4.78 is 5.26. The van der Waals surface area contributed by atoms with E-state index >= 15 is 0 Å². The number of rotatable bonds is 7. The molecule has 1 saturated heterocycles. The van der Waals surface area contributed by atoms with E-state index in [0.717, 1.165) is 45.3 Å². The van der Waals surface area contributed by atoms with Crippen molar-refractivity contribution in [1.82, 2.24) is 10.2 Å². The molecule has 1 aliphatic heterocycles. The zero-order chi connectivity index (χ0) is 14.4. The van der Waals surface area contributed by atoms with Crippen LogP contribution in [0.1, 0.15) is 51.9 Å². The van der Waals surface area contributed by atoms with Gasteiger partial charge in [0, 0.05) is 19.3 Å². The fourth-order valence-electron chi connectivity index (χ4n) is 3.13. The number of ether oxygens (including phenoxy) is 1. The Balaban J connectivity index is 1.78. The van der Waals surface area contributed by atoms with Gasteiger partial charge in [-0.05, 0) is 32.7 Å². The van der Waals surface area contributed by atoms with Crippen molar-refractivity contribution in [3.8, 4) is 0 Å². The number of nitrogens with one attached hydrogen (secondary N) is 1. The molecule has 0 aromatic heterocycles. The molecule has 1 atom stereocenters.